The molecule has 0 aromatic heterocycles. The molecule has 4 atom stereocenters. The maximum absolute atomic E-state index is 13.0. The van der Waals surface area contributed by atoms with E-state index in [-0.39, 0.29) is 10.1 Å². The number of halogens is 6. The van der Waals surface area contributed by atoms with Gasteiger partial charge < -0.3 is 15.2 Å². The molecule has 2 bridgehead atoms. The van der Waals surface area contributed by atoms with Crippen LogP contribution >= 0.6 is 69.6 Å². The highest BCUT2D eigenvalue weighted by atomic mass is 35.5. The molecule has 2 aliphatic carbocycles. The summed E-state index contributed by atoms with van der Waals surface area (Å²) >= 11 is 38.1. The van der Waals surface area contributed by atoms with Crippen molar-refractivity contribution in [3.05, 3.63) is 34.3 Å². The van der Waals surface area contributed by atoms with Gasteiger partial charge in [0.05, 0.1) is 29.0 Å². The van der Waals surface area contributed by atoms with Crippen LogP contribution in [-0.4, -0.2) is 38.2 Å². The molecule has 27 heavy (non-hydrogen) atoms. The van der Waals surface area contributed by atoms with Crippen molar-refractivity contribution in [3.8, 4) is 5.75 Å². The van der Waals surface area contributed by atoms with Crippen LogP contribution in [0.2, 0.25) is 0 Å². The van der Waals surface area contributed by atoms with Crippen molar-refractivity contribution in [1.29, 1.82) is 0 Å². The van der Waals surface area contributed by atoms with Crippen molar-refractivity contribution >= 4 is 87.2 Å². The fourth-order valence-electron chi connectivity index (χ4n) is 3.52. The molecular weight excluding hydrogens is 483 g/mol. The summed E-state index contributed by atoms with van der Waals surface area (Å²) in [6, 6.07) is 6.36. The molecule has 1 aromatic carbocycles. The number of anilines is 1. The lowest BCUT2D eigenvalue weighted by molar-refractivity contribution is -0.146. The maximum atomic E-state index is 13.0. The van der Waals surface area contributed by atoms with Crippen molar-refractivity contribution in [2.24, 2.45) is 11.8 Å². The van der Waals surface area contributed by atoms with Gasteiger partial charge >= 0.3 is 5.97 Å². The van der Waals surface area contributed by atoms with Crippen molar-refractivity contribution in [1.82, 2.24) is 0 Å². The zero-order chi connectivity index (χ0) is 20.4. The molecule has 1 fully saturated rings. The number of rotatable bonds is 4. The minimum Gasteiger partial charge on any atom is -0.497 e. The number of amides is 1. The van der Waals surface area contributed by atoms with Crippen molar-refractivity contribution in [3.63, 3.8) is 0 Å². The number of aliphatic carboxylic acids is 1. The lowest BCUT2D eigenvalue weighted by Crippen LogP contribution is -2.47. The van der Waals surface area contributed by atoms with Gasteiger partial charge in [0.15, 0.2) is 4.33 Å². The Morgan fingerprint density at radius 1 is 1.00 bits per heavy atom. The minimum atomic E-state index is -2.14. The molecule has 1 amide bonds. The molecule has 0 saturated heterocycles. The molecule has 11 heteroatoms. The van der Waals surface area contributed by atoms with Crippen LogP contribution in [-0.2, 0) is 9.59 Å². The zero-order valence-corrected chi connectivity index (χ0v) is 17.9. The Morgan fingerprint density at radius 3 is 1.93 bits per heavy atom. The highest BCUT2D eigenvalue weighted by Crippen LogP contribution is 2.76. The Labute approximate surface area is 184 Å². The molecule has 1 aromatic rings. The van der Waals surface area contributed by atoms with E-state index in [4.69, 9.17) is 74.3 Å². The molecule has 3 rings (SSSR count). The number of carboxylic acid groups (broad SMARTS) is 1. The maximum Gasteiger partial charge on any atom is 0.309 e. The van der Waals surface area contributed by atoms with Gasteiger partial charge in [-0.1, -0.05) is 46.4 Å². The third-order valence-corrected chi connectivity index (χ3v) is 9.10. The van der Waals surface area contributed by atoms with Gasteiger partial charge in [-0.05, 0) is 24.3 Å². The molecule has 0 unspecified atom stereocenters. The monoisotopic (exact) mass is 491 g/mol. The van der Waals surface area contributed by atoms with Crippen molar-refractivity contribution in [2.45, 2.75) is 14.1 Å². The van der Waals surface area contributed by atoms with Crippen LogP contribution in [0, 0.1) is 11.8 Å². The van der Waals surface area contributed by atoms with Gasteiger partial charge in [0.25, 0.3) is 0 Å². The molecule has 2 N–H and O–H groups in total. The van der Waals surface area contributed by atoms with E-state index in [2.05, 4.69) is 5.32 Å². The van der Waals surface area contributed by atoms with Crippen LogP contribution in [0.3, 0.4) is 0 Å². The summed E-state index contributed by atoms with van der Waals surface area (Å²) in [6.07, 6.45) is 0. The van der Waals surface area contributed by atoms with E-state index >= 15 is 0 Å². The number of hydrogen-bond acceptors (Lipinski definition) is 3. The minimum absolute atomic E-state index is 0.252. The number of carboxylic acids is 1. The summed E-state index contributed by atoms with van der Waals surface area (Å²) in [5.74, 6) is -4.72. The number of methoxy groups -OCH3 is 1. The van der Waals surface area contributed by atoms with Crippen LogP contribution in [0.25, 0.3) is 0 Å². The number of hydrogen-bond donors (Lipinski definition) is 2. The first kappa shape index (κ1) is 21.2. The first-order valence-corrected chi connectivity index (χ1v) is 9.71. The summed E-state index contributed by atoms with van der Waals surface area (Å²) in [5.41, 5.74) is 0.373. The van der Waals surface area contributed by atoms with Gasteiger partial charge in [0.1, 0.15) is 15.5 Å². The Morgan fingerprint density at radius 2 is 1.48 bits per heavy atom. The summed E-state index contributed by atoms with van der Waals surface area (Å²) < 4.78 is 2.91. The number of nitrogens with one attached hydrogen (secondary N) is 1. The predicted molar refractivity (Wildman–Crippen MR) is 107 cm³/mol. The topological polar surface area (TPSA) is 75.6 Å². The summed E-state index contributed by atoms with van der Waals surface area (Å²) in [7, 11) is 1.50. The Hall–Kier alpha value is -0.560. The number of ether oxygens (including phenoxy) is 1. The summed E-state index contributed by atoms with van der Waals surface area (Å²) in [4.78, 5) is 20.8. The molecule has 0 heterocycles. The zero-order valence-electron chi connectivity index (χ0n) is 13.4. The standard InChI is InChI=1S/C16H11Cl6NO4/c1-27-7-4-2-6(3-5-7)23-12(24)8-9(13(25)26)15(20)11(18)10(17)14(8,19)16(15,21)22/h2-5,8-9H,1H3,(H,23,24)(H,25,26)/t8-,9+,14+,15+/m0/s1. The van der Waals surface area contributed by atoms with E-state index in [1.807, 2.05) is 0 Å². The molecule has 0 aliphatic heterocycles. The van der Waals surface area contributed by atoms with Crippen LogP contribution in [0.4, 0.5) is 5.69 Å². The fourth-order valence-corrected chi connectivity index (χ4v) is 6.46. The number of alkyl halides is 4. The number of fused-ring (bicyclic) bond motifs is 2. The average molecular weight is 494 g/mol. The smallest absolute Gasteiger partial charge is 0.309 e. The van der Waals surface area contributed by atoms with Gasteiger partial charge in [0, 0.05) is 5.69 Å². The van der Waals surface area contributed by atoms with Crippen LogP contribution < -0.4 is 10.1 Å². The average Bonchev–Trinajstić information content (AvgIpc) is 2.82. The lowest BCUT2D eigenvalue weighted by Gasteiger charge is -2.33. The Kier molecular flexibility index (Phi) is 5.29. The molecule has 146 valence electrons. The van der Waals surface area contributed by atoms with E-state index in [1.165, 1.54) is 7.11 Å². The Bertz CT molecular complexity index is 857. The van der Waals surface area contributed by atoms with Crippen LogP contribution in [0.15, 0.2) is 34.3 Å². The van der Waals surface area contributed by atoms with E-state index in [1.54, 1.807) is 24.3 Å². The quantitative estimate of drug-likeness (QED) is 0.591. The lowest BCUT2D eigenvalue weighted by atomic mass is 9.81. The fraction of sp³-hybridized carbons (Fsp3) is 0.375. The normalized spacial score (nSPS) is 33.9. The van der Waals surface area contributed by atoms with Gasteiger partial charge in [-0.15, -0.1) is 23.2 Å². The second-order valence-electron chi connectivity index (χ2n) is 6.14. The number of allylic oxidation sites excluding steroid dienone is 2. The van der Waals surface area contributed by atoms with Crippen molar-refractivity contribution < 1.29 is 19.4 Å². The van der Waals surface area contributed by atoms with Crippen molar-refractivity contribution in [2.75, 3.05) is 12.4 Å². The molecule has 0 radical (unpaired) electrons. The van der Waals surface area contributed by atoms with E-state index in [9.17, 15) is 14.7 Å². The number of carbonyl (C=O) groups excluding carboxylic acids is 1. The van der Waals surface area contributed by atoms with E-state index in [0.29, 0.717) is 11.4 Å². The van der Waals surface area contributed by atoms with Gasteiger partial charge in [-0.2, -0.15) is 0 Å². The third-order valence-electron chi connectivity index (χ3n) is 4.84. The van der Waals surface area contributed by atoms with E-state index < -0.39 is 37.8 Å². The second kappa shape index (κ2) is 6.75. The highest BCUT2D eigenvalue weighted by molar-refractivity contribution is 6.66. The summed E-state index contributed by atoms with van der Waals surface area (Å²) in [5, 5.41) is 11.8. The SMILES string of the molecule is COc1ccc(NC(=O)[C@@H]2[C@H](C(=O)O)[C@@]3(Cl)C(Cl)=C(Cl)[C@@]2(Cl)C3(Cl)Cl)cc1. The molecule has 2 aliphatic rings. The van der Waals surface area contributed by atoms with Gasteiger partial charge in [-0.25, -0.2) is 0 Å². The van der Waals surface area contributed by atoms with Crippen LogP contribution in [0.1, 0.15) is 0 Å². The largest absolute Gasteiger partial charge is 0.497 e. The van der Waals surface area contributed by atoms with Gasteiger partial charge in [0.2, 0.25) is 5.91 Å². The number of benzene rings is 1. The second-order valence-corrected chi connectivity index (χ2v) is 9.41. The molecule has 0 spiro atoms. The highest BCUT2D eigenvalue weighted by Gasteiger charge is 2.85. The third kappa shape index (κ3) is 2.59. The van der Waals surface area contributed by atoms with Gasteiger partial charge in [-0.3, -0.25) is 9.59 Å². The number of carbonyl (C=O) groups is 2. The Balaban J connectivity index is 2.05. The van der Waals surface area contributed by atoms with E-state index in [0.717, 1.165) is 0 Å². The molecular formula is C16H11Cl6NO4. The summed E-state index contributed by atoms with van der Waals surface area (Å²) in [6.45, 7) is 0. The molecule has 5 nitrogen and oxygen atoms in total. The van der Waals surface area contributed by atoms with Crippen LogP contribution in [0.5, 0.6) is 5.75 Å². The predicted octanol–water partition coefficient (Wildman–Crippen LogP) is 4.80. The molecule has 1 saturated carbocycles. The first-order chi connectivity index (χ1) is 12.4. The first-order valence-electron chi connectivity index (χ1n) is 7.44.